The highest BCUT2D eigenvalue weighted by Crippen LogP contribution is 2.25. The van der Waals surface area contributed by atoms with Gasteiger partial charge in [-0.05, 0) is 43.7 Å². The normalized spacial score (nSPS) is 13.1. The Balaban J connectivity index is 2.28. The van der Waals surface area contributed by atoms with Gasteiger partial charge in [-0.3, -0.25) is 14.8 Å². The Hall–Kier alpha value is -2.50. The molecule has 0 saturated heterocycles. The lowest BCUT2D eigenvalue weighted by atomic mass is 10.3. The Morgan fingerprint density at radius 3 is 2.15 bits per heavy atom. The van der Waals surface area contributed by atoms with E-state index >= 15 is 0 Å². The summed E-state index contributed by atoms with van der Waals surface area (Å²) in [4.78, 5) is 9.74. The van der Waals surface area contributed by atoms with E-state index in [2.05, 4.69) is 9.44 Å². The highest BCUT2D eigenvalue weighted by Gasteiger charge is 2.25. The first-order chi connectivity index (χ1) is 12.6. The molecule has 0 bridgehead atoms. The number of rotatable bonds is 8. The molecule has 0 aliphatic heterocycles. The molecule has 0 saturated carbocycles. The molecule has 0 fully saturated rings. The van der Waals surface area contributed by atoms with Gasteiger partial charge >= 0.3 is 0 Å². The summed E-state index contributed by atoms with van der Waals surface area (Å²) in [6, 6.07) is 9.75. The summed E-state index contributed by atoms with van der Waals surface area (Å²) < 4.78 is 54.0. The molecule has 146 valence electrons. The summed E-state index contributed by atoms with van der Waals surface area (Å²) in [5.41, 5.74) is -0.474. The molecule has 0 aliphatic rings. The lowest BCUT2D eigenvalue weighted by Crippen LogP contribution is -2.31. The zero-order chi connectivity index (χ0) is 20.2. The number of nitrogens with one attached hydrogen (secondary N) is 2. The smallest absolute Gasteiger partial charge is 0.279 e. The fourth-order valence-electron chi connectivity index (χ4n) is 2.16. The maximum absolute atomic E-state index is 12.4. The van der Waals surface area contributed by atoms with Gasteiger partial charge in [0, 0.05) is 17.8 Å². The zero-order valence-corrected chi connectivity index (χ0v) is 16.2. The fourth-order valence-corrected chi connectivity index (χ4v) is 4.72. The van der Waals surface area contributed by atoms with Crippen LogP contribution < -0.4 is 9.44 Å². The van der Waals surface area contributed by atoms with Crippen molar-refractivity contribution in [2.24, 2.45) is 0 Å². The van der Waals surface area contributed by atoms with Crippen molar-refractivity contribution in [3.63, 3.8) is 0 Å². The topological polar surface area (TPSA) is 135 Å². The van der Waals surface area contributed by atoms with Crippen molar-refractivity contribution >= 4 is 31.4 Å². The molecule has 2 aromatic carbocycles. The van der Waals surface area contributed by atoms with E-state index in [0.29, 0.717) is 6.42 Å². The van der Waals surface area contributed by atoms with Gasteiger partial charge < -0.3 is 0 Å². The molecular weight excluding hydrogens is 394 g/mol. The molecule has 0 spiro atoms. The minimum atomic E-state index is -4.22. The Morgan fingerprint density at radius 1 is 1.00 bits per heavy atom. The second-order valence-electron chi connectivity index (χ2n) is 5.79. The van der Waals surface area contributed by atoms with Gasteiger partial charge in [0.1, 0.15) is 0 Å². The summed E-state index contributed by atoms with van der Waals surface area (Å²) in [5, 5.41) is 11.0. The van der Waals surface area contributed by atoms with E-state index in [4.69, 9.17) is 0 Å². The van der Waals surface area contributed by atoms with Crippen LogP contribution in [0.25, 0.3) is 0 Å². The van der Waals surface area contributed by atoms with E-state index < -0.39 is 35.6 Å². The summed E-state index contributed by atoms with van der Waals surface area (Å²) in [7, 11) is -7.94. The summed E-state index contributed by atoms with van der Waals surface area (Å²) in [5.74, 6) is 0. The molecule has 9 nitrogen and oxygen atoms in total. The molecule has 27 heavy (non-hydrogen) atoms. The van der Waals surface area contributed by atoms with Crippen LogP contribution in [0.2, 0.25) is 0 Å². The highest BCUT2D eigenvalue weighted by atomic mass is 32.2. The van der Waals surface area contributed by atoms with E-state index in [1.165, 1.54) is 36.4 Å². The third kappa shape index (κ3) is 5.02. The predicted octanol–water partition coefficient (Wildman–Crippen LogP) is 2.47. The van der Waals surface area contributed by atoms with E-state index in [1.54, 1.807) is 6.92 Å². The van der Waals surface area contributed by atoms with Gasteiger partial charge in [0.2, 0.25) is 10.0 Å². The molecule has 2 aromatic rings. The molecule has 0 radical (unpaired) electrons. The van der Waals surface area contributed by atoms with Crippen LogP contribution in [0.5, 0.6) is 0 Å². The van der Waals surface area contributed by atoms with Gasteiger partial charge in [-0.1, -0.05) is 19.1 Å². The van der Waals surface area contributed by atoms with Crippen LogP contribution >= 0.6 is 0 Å². The lowest BCUT2D eigenvalue weighted by molar-refractivity contribution is -0.387. The molecule has 0 unspecified atom stereocenters. The van der Waals surface area contributed by atoms with Crippen molar-refractivity contribution in [2.75, 3.05) is 4.72 Å². The monoisotopic (exact) mass is 413 g/mol. The average molecular weight is 413 g/mol. The summed E-state index contributed by atoms with van der Waals surface area (Å²) >= 11 is 0. The number of para-hydroxylation sites is 1. The minimum Gasteiger partial charge on any atom is -0.279 e. The van der Waals surface area contributed by atoms with Crippen molar-refractivity contribution in [1.29, 1.82) is 0 Å². The van der Waals surface area contributed by atoms with Crippen LogP contribution in [0.15, 0.2) is 58.3 Å². The molecule has 11 heteroatoms. The SMILES string of the molecule is CC[C@@H](C)NS(=O)(=O)c1ccc(NS(=O)(=O)c2ccccc2[N+](=O)[O-])cc1. The van der Waals surface area contributed by atoms with E-state index in [9.17, 15) is 26.9 Å². The van der Waals surface area contributed by atoms with Crippen molar-refractivity contribution in [3.8, 4) is 0 Å². The van der Waals surface area contributed by atoms with E-state index in [1.807, 2.05) is 6.92 Å². The number of nitro groups is 1. The first-order valence-electron chi connectivity index (χ1n) is 7.95. The average Bonchev–Trinajstić information content (AvgIpc) is 2.61. The number of nitro benzene ring substituents is 1. The number of nitrogens with zero attached hydrogens (tertiary/aromatic N) is 1. The predicted molar refractivity (Wildman–Crippen MR) is 100 cm³/mol. The first-order valence-corrected chi connectivity index (χ1v) is 10.9. The van der Waals surface area contributed by atoms with Crippen LogP contribution in [0, 0.1) is 10.1 Å². The van der Waals surface area contributed by atoms with Crippen molar-refractivity contribution in [3.05, 3.63) is 58.6 Å². The number of benzene rings is 2. The molecule has 0 heterocycles. The van der Waals surface area contributed by atoms with Crippen LogP contribution in [0.4, 0.5) is 11.4 Å². The number of hydrogen-bond donors (Lipinski definition) is 2. The standard InChI is InChI=1S/C16H19N3O6S2/c1-3-12(2)17-26(22,23)14-10-8-13(9-11-14)18-27(24,25)16-7-5-4-6-15(16)19(20)21/h4-12,17-18H,3H2,1-2H3/t12-/m1/s1. The van der Waals surface area contributed by atoms with Gasteiger partial charge in [0.05, 0.1) is 9.82 Å². The van der Waals surface area contributed by atoms with Crippen LogP contribution in [-0.4, -0.2) is 27.8 Å². The Kier molecular flexibility index (Phi) is 6.19. The Morgan fingerprint density at radius 2 is 1.59 bits per heavy atom. The van der Waals surface area contributed by atoms with E-state index in [0.717, 1.165) is 12.1 Å². The number of anilines is 1. The number of hydrogen-bond acceptors (Lipinski definition) is 6. The van der Waals surface area contributed by atoms with Gasteiger partial charge in [0.25, 0.3) is 15.7 Å². The van der Waals surface area contributed by atoms with Gasteiger partial charge in [-0.25, -0.2) is 21.6 Å². The molecular formula is C16H19N3O6S2. The zero-order valence-electron chi connectivity index (χ0n) is 14.6. The van der Waals surface area contributed by atoms with Gasteiger partial charge in [0.15, 0.2) is 4.90 Å². The maximum atomic E-state index is 12.4. The van der Waals surface area contributed by atoms with Crippen LogP contribution in [0.1, 0.15) is 20.3 Å². The van der Waals surface area contributed by atoms with E-state index in [-0.39, 0.29) is 16.6 Å². The minimum absolute atomic E-state index is 0.0172. The Bertz CT molecular complexity index is 1030. The van der Waals surface area contributed by atoms with Gasteiger partial charge in [-0.2, -0.15) is 0 Å². The highest BCUT2D eigenvalue weighted by molar-refractivity contribution is 7.93. The molecule has 2 rings (SSSR count). The largest absolute Gasteiger partial charge is 0.289 e. The molecule has 0 aliphatic carbocycles. The molecule has 1 atom stereocenters. The lowest BCUT2D eigenvalue weighted by Gasteiger charge is -2.13. The summed E-state index contributed by atoms with van der Waals surface area (Å²) in [6.07, 6.45) is 0.618. The van der Waals surface area contributed by atoms with Crippen molar-refractivity contribution < 1.29 is 21.8 Å². The summed E-state index contributed by atoms with van der Waals surface area (Å²) in [6.45, 7) is 3.57. The molecule has 2 N–H and O–H groups in total. The third-order valence-electron chi connectivity index (χ3n) is 3.74. The van der Waals surface area contributed by atoms with Crippen molar-refractivity contribution in [1.82, 2.24) is 4.72 Å². The number of sulfonamides is 2. The van der Waals surface area contributed by atoms with Crippen LogP contribution in [-0.2, 0) is 20.0 Å². The fraction of sp³-hybridized carbons (Fsp3) is 0.250. The van der Waals surface area contributed by atoms with Crippen LogP contribution in [0.3, 0.4) is 0 Å². The second kappa shape index (κ2) is 8.03. The third-order valence-corrected chi connectivity index (χ3v) is 6.77. The van der Waals surface area contributed by atoms with Gasteiger partial charge in [-0.15, -0.1) is 0 Å². The molecule has 0 amide bonds. The Labute approximate surface area is 157 Å². The second-order valence-corrected chi connectivity index (χ2v) is 9.15. The first kappa shape index (κ1) is 20.8. The van der Waals surface area contributed by atoms with Crippen molar-refractivity contribution in [2.45, 2.75) is 36.1 Å². The quantitative estimate of drug-likeness (QED) is 0.504. The maximum Gasteiger partial charge on any atom is 0.289 e. The molecule has 0 aromatic heterocycles.